The van der Waals surface area contributed by atoms with Gasteiger partial charge in [-0.3, -0.25) is 9.59 Å². The number of rotatable bonds is 4. The summed E-state index contributed by atoms with van der Waals surface area (Å²) in [5.74, 6) is -1.58. The summed E-state index contributed by atoms with van der Waals surface area (Å²) in [6, 6.07) is -0.614. The smallest absolute Gasteiger partial charge is 0.302 e. The largest absolute Gasteiger partial charge is 0.462 e. The lowest BCUT2D eigenvalue weighted by atomic mass is 9.92. The molecule has 0 aliphatic carbocycles. The molecule has 2 rings (SSSR count). The Labute approximate surface area is 141 Å². The number of aliphatic hydroxyl groups excluding tert-OH is 1. The van der Waals surface area contributed by atoms with Gasteiger partial charge in [0.05, 0.1) is 25.2 Å². The molecular weight excluding hydrogens is 318 g/mol. The molecule has 0 radical (unpaired) electrons. The Bertz CT molecular complexity index is 481. The number of esters is 1. The van der Waals surface area contributed by atoms with Crippen LogP contribution in [-0.2, 0) is 28.5 Å². The maximum absolute atomic E-state index is 12.1. The molecule has 0 bridgehead atoms. The fourth-order valence-corrected chi connectivity index (χ4v) is 3.10. The zero-order valence-corrected chi connectivity index (χ0v) is 14.8. The number of hydrogen-bond acceptors (Lipinski definition) is 7. The lowest BCUT2D eigenvalue weighted by molar-refractivity contribution is -0.346. The first-order valence-electron chi connectivity index (χ1n) is 8.21. The van der Waals surface area contributed by atoms with E-state index in [-0.39, 0.29) is 18.4 Å². The van der Waals surface area contributed by atoms with Gasteiger partial charge in [0.15, 0.2) is 5.79 Å². The van der Waals surface area contributed by atoms with Crippen molar-refractivity contribution in [3.63, 3.8) is 0 Å². The standard InChI is InChI=1S/C16H27NO7/c1-8(22-10(3)18)6-12(19)17-13-9(2)23-11-7-21-16(4,5)24-15(11)14(13)20/h8-9,11,13-15,20H,6-7H2,1-5H3,(H,17,19)/t8-,9+,11?,13?,14?,15+/m1/s1. The summed E-state index contributed by atoms with van der Waals surface area (Å²) in [4.78, 5) is 23.1. The molecular formula is C16H27NO7. The molecule has 6 atom stereocenters. The van der Waals surface area contributed by atoms with Crippen LogP contribution in [-0.4, -0.2) is 65.9 Å². The third kappa shape index (κ3) is 4.66. The molecule has 0 saturated carbocycles. The number of hydrogen-bond donors (Lipinski definition) is 2. The molecule has 0 aromatic rings. The van der Waals surface area contributed by atoms with Crippen molar-refractivity contribution in [2.45, 2.75) is 83.4 Å². The molecule has 24 heavy (non-hydrogen) atoms. The Hall–Kier alpha value is -1.22. The van der Waals surface area contributed by atoms with Crippen molar-refractivity contribution < 1.29 is 33.6 Å². The third-order valence-corrected chi connectivity index (χ3v) is 4.15. The average molecular weight is 345 g/mol. The second-order valence-corrected chi connectivity index (χ2v) is 6.88. The minimum absolute atomic E-state index is 0.0130. The minimum atomic E-state index is -0.921. The molecule has 2 aliphatic rings. The summed E-state index contributed by atoms with van der Waals surface area (Å²) >= 11 is 0. The SMILES string of the molecule is CC(=O)O[C@H](C)CC(=O)NC1C(O)[C@H]2OC(C)(C)OCC2O[C@H]1C. The topological polar surface area (TPSA) is 103 Å². The maximum atomic E-state index is 12.1. The van der Waals surface area contributed by atoms with Gasteiger partial charge in [-0.05, 0) is 27.7 Å². The van der Waals surface area contributed by atoms with Crippen LogP contribution < -0.4 is 5.32 Å². The molecule has 2 fully saturated rings. The molecule has 0 aromatic heterocycles. The van der Waals surface area contributed by atoms with E-state index in [1.807, 2.05) is 0 Å². The van der Waals surface area contributed by atoms with Crippen molar-refractivity contribution in [3.05, 3.63) is 0 Å². The zero-order chi connectivity index (χ0) is 18.1. The molecule has 2 heterocycles. The van der Waals surface area contributed by atoms with E-state index in [0.29, 0.717) is 6.61 Å². The van der Waals surface area contributed by atoms with Crippen molar-refractivity contribution in [2.75, 3.05) is 6.61 Å². The number of aliphatic hydroxyl groups is 1. The lowest BCUT2D eigenvalue weighted by Crippen LogP contribution is -2.67. The molecule has 2 N–H and O–H groups in total. The van der Waals surface area contributed by atoms with Crippen molar-refractivity contribution in [3.8, 4) is 0 Å². The fourth-order valence-electron chi connectivity index (χ4n) is 3.10. The molecule has 8 nitrogen and oxygen atoms in total. The van der Waals surface area contributed by atoms with Crippen molar-refractivity contribution in [2.24, 2.45) is 0 Å². The number of carbonyl (C=O) groups excluding carboxylic acids is 2. The highest BCUT2D eigenvalue weighted by atomic mass is 16.7. The highest BCUT2D eigenvalue weighted by Crippen LogP contribution is 2.32. The molecule has 1 amide bonds. The van der Waals surface area contributed by atoms with Crippen LogP contribution in [0.5, 0.6) is 0 Å². The number of ether oxygens (including phenoxy) is 4. The summed E-state index contributed by atoms with van der Waals surface area (Å²) in [5.41, 5.74) is 0. The number of carbonyl (C=O) groups is 2. The van der Waals surface area contributed by atoms with Gasteiger partial charge in [-0.15, -0.1) is 0 Å². The first-order valence-corrected chi connectivity index (χ1v) is 8.21. The van der Waals surface area contributed by atoms with Gasteiger partial charge in [0.25, 0.3) is 0 Å². The number of amides is 1. The van der Waals surface area contributed by atoms with Crippen molar-refractivity contribution in [1.29, 1.82) is 0 Å². The average Bonchev–Trinajstić information content (AvgIpc) is 2.43. The van der Waals surface area contributed by atoms with E-state index in [1.165, 1.54) is 6.92 Å². The van der Waals surface area contributed by atoms with Crippen LogP contribution in [0.2, 0.25) is 0 Å². The number of nitrogens with one attached hydrogen (secondary N) is 1. The van der Waals surface area contributed by atoms with Gasteiger partial charge in [0, 0.05) is 6.92 Å². The monoisotopic (exact) mass is 345 g/mol. The zero-order valence-electron chi connectivity index (χ0n) is 14.8. The molecule has 3 unspecified atom stereocenters. The van der Waals surface area contributed by atoms with E-state index < -0.39 is 42.2 Å². The van der Waals surface area contributed by atoms with Crippen LogP contribution in [0.3, 0.4) is 0 Å². The molecule has 138 valence electrons. The highest BCUT2D eigenvalue weighted by Gasteiger charge is 2.49. The lowest BCUT2D eigenvalue weighted by Gasteiger charge is -2.49. The summed E-state index contributed by atoms with van der Waals surface area (Å²) in [6.45, 7) is 8.56. The second kappa shape index (κ2) is 7.35. The third-order valence-electron chi connectivity index (χ3n) is 4.15. The predicted octanol–water partition coefficient (Wildman–Crippen LogP) is 0.113. The van der Waals surface area contributed by atoms with E-state index in [4.69, 9.17) is 18.9 Å². The first-order chi connectivity index (χ1) is 11.1. The van der Waals surface area contributed by atoms with Gasteiger partial charge >= 0.3 is 5.97 Å². The molecule has 2 saturated heterocycles. The first kappa shape index (κ1) is 19.1. The van der Waals surface area contributed by atoms with Gasteiger partial charge in [-0.1, -0.05) is 0 Å². The summed E-state index contributed by atoms with van der Waals surface area (Å²) < 4.78 is 22.1. The van der Waals surface area contributed by atoms with Crippen LogP contribution in [0.15, 0.2) is 0 Å². The van der Waals surface area contributed by atoms with Gasteiger partial charge in [-0.2, -0.15) is 0 Å². The minimum Gasteiger partial charge on any atom is -0.462 e. The summed E-state index contributed by atoms with van der Waals surface area (Å²) in [5, 5.41) is 13.4. The number of fused-ring (bicyclic) bond motifs is 1. The van der Waals surface area contributed by atoms with Crippen LogP contribution in [0.4, 0.5) is 0 Å². The van der Waals surface area contributed by atoms with Crippen LogP contribution in [0, 0.1) is 0 Å². The Morgan fingerprint density at radius 3 is 2.71 bits per heavy atom. The fraction of sp³-hybridized carbons (Fsp3) is 0.875. The quantitative estimate of drug-likeness (QED) is 0.697. The van der Waals surface area contributed by atoms with Gasteiger partial charge < -0.3 is 29.4 Å². The van der Waals surface area contributed by atoms with Crippen LogP contribution in [0.1, 0.15) is 41.0 Å². The van der Waals surface area contributed by atoms with Gasteiger partial charge in [-0.25, -0.2) is 0 Å². The van der Waals surface area contributed by atoms with E-state index in [0.717, 1.165) is 0 Å². The molecule has 2 aliphatic heterocycles. The van der Waals surface area contributed by atoms with E-state index in [2.05, 4.69) is 5.32 Å². The molecule has 0 aromatic carbocycles. The Kier molecular flexibility index (Phi) is 5.85. The van der Waals surface area contributed by atoms with E-state index >= 15 is 0 Å². The van der Waals surface area contributed by atoms with Crippen LogP contribution >= 0.6 is 0 Å². The molecule has 8 heteroatoms. The van der Waals surface area contributed by atoms with Crippen molar-refractivity contribution >= 4 is 11.9 Å². The van der Waals surface area contributed by atoms with E-state index in [1.54, 1.807) is 27.7 Å². The Morgan fingerprint density at radius 1 is 1.42 bits per heavy atom. The second-order valence-electron chi connectivity index (χ2n) is 6.88. The molecule has 0 spiro atoms. The summed E-state index contributed by atoms with van der Waals surface area (Å²) in [6.07, 6.45) is -2.81. The Morgan fingerprint density at radius 2 is 2.08 bits per heavy atom. The van der Waals surface area contributed by atoms with Crippen LogP contribution in [0.25, 0.3) is 0 Å². The van der Waals surface area contributed by atoms with E-state index in [9.17, 15) is 14.7 Å². The summed E-state index contributed by atoms with van der Waals surface area (Å²) in [7, 11) is 0. The normalized spacial score (nSPS) is 36.3. The highest BCUT2D eigenvalue weighted by molar-refractivity contribution is 5.77. The van der Waals surface area contributed by atoms with Gasteiger partial charge in [0.2, 0.25) is 5.91 Å². The predicted molar refractivity (Wildman–Crippen MR) is 83.0 cm³/mol. The van der Waals surface area contributed by atoms with Gasteiger partial charge in [0.1, 0.15) is 24.4 Å². The van der Waals surface area contributed by atoms with Crippen molar-refractivity contribution in [1.82, 2.24) is 5.32 Å². The maximum Gasteiger partial charge on any atom is 0.302 e. The Balaban J connectivity index is 1.96.